The van der Waals surface area contributed by atoms with Crippen LogP contribution in [0.3, 0.4) is 0 Å². The van der Waals surface area contributed by atoms with Crippen LogP contribution in [0.1, 0.15) is 12.8 Å². The minimum atomic E-state index is -3.69. The highest BCUT2D eigenvalue weighted by molar-refractivity contribution is 9.10. The van der Waals surface area contributed by atoms with E-state index < -0.39 is 10.0 Å². The quantitative estimate of drug-likeness (QED) is 0.375. The van der Waals surface area contributed by atoms with Gasteiger partial charge in [0.1, 0.15) is 10.6 Å². The van der Waals surface area contributed by atoms with Gasteiger partial charge in [-0.1, -0.05) is 28.1 Å². The third-order valence-electron chi connectivity index (χ3n) is 6.74. The average Bonchev–Trinajstić information content (AvgIpc) is 3.64. The lowest BCUT2D eigenvalue weighted by Gasteiger charge is -2.28. The molecule has 0 radical (unpaired) electrons. The number of halogens is 1. The molecule has 0 aliphatic carbocycles. The van der Waals surface area contributed by atoms with E-state index in [1.807, 2.05) is 18.2 Å². The van der Waals surface area contributed by atoms with E-state index in [0.29, 0.717) is 30.0 Å². The molecule has 0 amide bonds. The first-order valence-electron chi connectivity index (χ1n) is 11.8. The fourth-order valence-electron chi connectivity index (χ4n) is 4.90. The monoisotopic (exact) mass is 555 g/mol. The Balaban J connectivity index is 1.39. The summed E-state index contributed by atoms with van der Waals surface area (Å²) >= 11 is 3.50. The average molecular weight is 556 g/mol. The summed E-state index contributed by atoms with van der Waals surface area (Å²) in [6, 6.07) is 14.0. The number of hydrogen-bond acceptors (Lipinski definition) is 5. The maximum atomic E-state index is 13.7. The molecule has 2 fully saturated rings. The summed E-state index contributed by atoms with van der Waals surface area (Å²) in [4.78, 5) is 13.8. The predicted molar refractivity (Wildman–Crippen MR) is 140 cm³/mol. The van der Waals surface area contributed by atoms with Gasteiger partial charge in [-0.25, -0.2) is 13.4 Å². The second kappa shape index (κ2) is 9.09. The number of nitrogens with one attached hydrogen (secondary N) is 2. The zero-order chi connectivity index (χ0) is 24.0. The lowest BCUT2D eigenvalue weighted by Crippen LogP contribution is -2.36. The summed E-state index contributed by atoms with van der Waals surface area (Å²) in [6.07, 6.45) is 3.52. The van der Waals surface area contributed by atoms with Gasteiger partial charge in [0, 0.05) is 47.2 Å². The van der Waals surface area contributed by atoms with Crippen LogP contribution in [0, 0.1) is 0 Å². The number of ether oxygens (including phenoxy) is 1. The first kappa shape index (κ1) is 22.8. The molecule has 0 atom stereocenters. The molecule has 6 rings (SSSR count). The second-order valence-corrected chi connectivity index (χ2v) is 11.7. The number of aromatic nitrogens is 3. The number of sulfonamides is 1. The molecule has 8 nitrogen and oxygen atoms in total. The molecular weight excluding hydrogens is 530 g/mol. The second-order valence-electron chi connectivity index (χ2n) is 8.92. The SMILES string of the molecule is O=S(=O)(c1c(-c2ncc(-c3ccc(N4CCOCC4)cc3)[nH]2)[nH]c2ccc(Br)cc12)N1CCCC1. The summed E-state index contributed by atoms with van der Waals surface area (Å²) in [5.41, 5.74) is 4.23. The Kier molecular flexibility index (Phi) is 5.92. The van der Waals surface area contributed by atoms with Gasteiger partial charge in [0.25, 0.3) is 0 Å². The van der Waals surface area contributed by atoms with Crippen molar-refractivity contribution < 1.29 is 13.2 Å². The normalized spacial score (nSPS) is 17.5. The molecule has 0 bridgehead atoms. The molecule has 4 aromatic rings. The van der Waals surface area contributed by atoms with Crippen molar-refractivity contribution in [3.63, 3.8) is 0 Å². The van der Waals surface area contributed by atoms with Crippen LogP contribution in [0.25, 0.3) is 33.7 Å². The topological polar surface area (TPSA) is 94.3 Å². The van der Waals surface area contributed by atoms with Gasteiger partial charge in [-0.2, -0.15) is 4.31 Å². The molecule has 2 aromatic heterocycles. The Morgan fingerprint density at radius 2 is 1.69 bits per heavy atom. The number of H-pyrrole nitrogens is 2. The molecule has 2 saturated heterocycles. The van der Waals surface area contributed by atoms with Gasteiger partial charge in [0.15, 0.2) is 5.82 Å². The van der Waals surface area contributed by atoms with Crippen molar-refractivity contribution in [2.75, 3.05) is 44.3 Å². The highest BCUT2D eigenvalue weighted by Gasteiger charge is 2.33. The molecule has 35 heavy (non-hydrogen) atoms. The van der Waals surface area contributed by atoms with Gasteiger partial charge in [-0.05, 0) is 48.7 Å². The zero-order valence-corrected chi connectivity index (χ0v) is 21.5. The van der Waals surface area contributed by atoms with Crippen molar-refractivity contribution >= 4 is 42.5 Å². The molecule has 2 aliphatic heterocycles. The number of hydrogen-bond donors (Lipinski definition) is 2. The lowest BCUT2D eigenvalue weighted by molar-refractivity contribution is 0.122. The first-order chi connectivity index (χ1) is 17.0. The first-order valence-corrected chi connectivity index (χ1v) is 14.0. The number of morpholine rings is 1. The van der Waals surface area contributed by atoms with E-state index in [1.54, 1.807) is 10.5 Å². The number of anilines is 1. The van der Waals surface area contributed by atoms with Gasteiger partial charge in [-0.3, -0.25) is 0 Å². The largest absolute Gasteiger partial charge is 0.378 e. The molecule has 0 unspecified atom stereocenters. The van der Waals surface area contributed by atoms with Gasteiger partial charge in [-0.15, -0.1) is 0 Å². The van der Waals surface area contributed by atoms with Gasteiger partial charge in [0.05, 0.1) is 25.1 Å². The van der Waals surface area contributed by atoms with Crippen LogP contribution < -0.4 is 4.90 Å². The predicted octanol–water partition coefficient (Wildman–Crippen LogP) is 4.61. The van der Waals surface area contributed by atoms with E-state index in [-0.39, 0.29) is 4.90 Å². The fourth-order valence-corrected chi connectivity index (χ4v) is 7.11. The fraction of sp³-hybridized carbons (Fsp3) is 0.320. The Morgan fingerprint density at radius 3 is 2.43 bits per heavy atom. The zero-order valence-electron chi connectivity index (χ0n) is 19.1. The van der Waals surface area contributed by atoms with Crippen molar-refractivity contribution in [1.82, 2.24) is 19.3 Å². The van der Waals surface area contributed by atoms with Crippen molar-refractivity contribution in [3.05, 3.63) is 53.1 Å². The Hall–Kier alpha value is -2.66. The highest BCUT2D eigenvalue weighted by atomic mass is 79.9. The van der Waals surface area contributed by atoms with Crippen LogP contribution in [0.15, 0.2) is 58.0 Å². The van der Waals surface area contributed by atoms with Gasteiger partial charge < -0.3 is 19.6 Å². The van der Waals surface area contributed by atoms with Gasteiger partial charge in [0.2, 0.25) is 10.0 Å². The maximum absolute atomic E-state index is 13.7. The van der Waals surface area contributed by atoms with Crippen LogP contribution in [0.5, 0.6) is 0 Å². The van der Waals surface area contributed by atoms with Crippen LogP contribution in [0.4, 0.5) is 5.69 Å². The van der Waals surface area contributed by atoms with E-state index in [0.717, 1.165) is 66.1 Å². The highest BCUT2D eigenvalue weighted by Crippen LogP contribution is 2.37. The molecule has 2 aromatic carbocycles. The third-order valence-corrected chi connectivity index (χ3v) is 9.22. The number of nitrogens with zero attached hydrogens (tertiary/aromatic N) is 3. The summed E-state index contributed by atoms with van der Waals surface area (Å²) < 4.78 is 35.3. The van der Waals surface area contributed by atoms with Crippen molar-refractivity contribution in [1.29, 1.82) is 0 Å². The van der Waals surface area contributed by atoms with Crippen LogP contribution in [-0.4, -0.2) is 67.1 Å². The maximum Gasteiger partial charge on any atom is 0.245 e. The molecule has 0 saturated carbocycles. The summed E-state index contributed by atoms with van der Waals surface area (Å²) in [7, 11) is -3.69. The number of fused-ring (bicyclic) bond motifs is 1. The van der Waals surface area contributed by atoms with Crippen molar-refractivity contribution in [2.24, 2.45) is 0 Å². The summed E-state index contributed by atoms with van der Waals surface area (Å²) in [5, 5.41) is 0.661. The van der Waals surface area contributed by atoms with E-state index in [1.165, 1.54) is 0 Å². The van der Waals surface area contributed by atoms with Crippen molar-refractivity contribution in [3.8, 4) is 22.8 Å². The Labute approximate surface area is 212 Å². The third kappa shape index (κ3) is 4.18. The Morgan fingerprint density at radius 1 is 0.943 bits per heavy atom. The molecule has 2 aliphatic rings. The van der Waals surface area contributed by atoms with E-state index >= 15 is 0 Å². The van der Waals surface area contributed by atoms with Crippen LogP contribution in [0.2, 0.25) is 0 Å². The van der Waals surface area contributed by atoms with E-state index in [9.17, 15) is 8.42 Å². The van der Waals surface area contributed by atoms with Gasteiger partial charge >= 0.3 is 0 Å². The number of rotatable bonds is 5. The standard InChI is InChI=1S/C25H26BrN5O3S/c26-18-5-8-21-20(15-18)24(35(32,33)31-9-1-2-10-31)23(28-21)25-27-16-22(29-25)17-3-6-19(7-4-17)30-11-13-34-14-12-30/h3-8,15-16,28H,1-2,9-14H2,(H,27,29). The van der Waals surface area contributed by atoms with E-state index in [4.69, 9.17) is 4.74 Å². The molecule has 2 N–H and O–H groups in total. The lowest BCUT2D eigenvalue weighted by atomic mass is 10.1. The number of aromatic amines is 2. The molecule has 4 heterocycles. The molecule has 10 heteroatoms. The minimum absolute atomic E-state index is 0.277. The van der Waals surface area contributed by atoms with Crippen molar-refractivity contribution in [2.45, 2.75) is 17.7 Å². The molecular formula is C25H26BrN5O3S. The number of benzene rings is 2. The molecule has 182 valence electrons. The van der Waals surface area contributed by atoms with Crippen LogP contribution in [-0.2, 0) is 14.8 Å². The number of imidazole rings is 1. The summed E-state index contributed by atoms with van der Waals surface area (Å²) in [5.74, 6) is 0.502. The Bertz CT molecular complexity index is 1470. The smallest absolute Gasteiger partial charge is 0.245 e. The molecule has 0 spiro atoms. The minimum Gasteiger partial charge on any atom is -0.378 e. The van der Waals surface area contributed by atoms with E-state index in [2.05, 4.69) is 60.0 Å². The summed E-state index contributed by atoms with van der Waals surface area (Å²) in [6.45, 7) is 4.35. The van der Waals surface area contributed by atoms with Crippen LogP contribution >= 0.6 is 15.9 Å².